The Hall–Kier alpha value is -2.09. The van der Waals surface area contributed by atoms with Crippen LogP contribution in [0.25, 0.3) is 16.8 Å². The molecule has 0 atom stereocenters. The summed E-state index contributed by atoms with van der Waals surface area (Å²) in [6.45, 7) is 0. The number of allylic oxidation sites excluding steroid dienone is 1. The SMILES string of the molecule is O=C(O)CC/C=C/c1cccc2ccccc12. The summed E-state index contributed by atoms with van der Waals surface area (Å²) < 4.78 is 0. The summed E-state index contributed by atoms with van der Waals surface area (Å²) in [4.78, 5) is 10.4. The highest BCUT2D eigenvalue weighted by Gasteiger charge is 1.96. The molecule has 1 N–H and O–H groups in total. The van der Waals surface area contributed by atoms with Gasteiger partial charge in [0.15, 0.2) is 0 Å². The predicted octanol–water partition coefficient (Wildman–Crippen LogP) is 3.72. The van der Waals surface area contributed by atoms with Crippen LogP contribution in [0.1, 0.15) is 18.4 Å². The number of carboxylic acid groups (broad SMARTS) is 1. The molecule has 0 aliphatic rings. The third-order valence-corrected chi connectivity index (χ3v) is 2.65. The normalized spacial score (nSPS) is 11.1. The van der Waals surface area contributed by atoms with Crippen molar-refractivity contribution in [2.45, 2.75) is 12.8 Å². The Bertz CT molecular complexity index is 550. The van der Waals surface area contributed by atoms with Gasteiger partial charge in [-0.1, -0.05) is 54.6 Å². The maximum Gasteiger partial charge on any atom is 0.303 e. The first-order chi connectivity index (χ1) is 8.27. The first-order valence-electron chi connectivity index (χ1n) is 5.63. The van der Waals surface area contributed by atoms with E-state index in [0.717, 1.165) is 5.56 Å². The quantitative estimate of drug-likeness (QED) is 0.862. The van der Waals surface area contributed by atoms with Crippen LogP contribution in [0.2, 0.25) is 0 Å². The molecule has 0 aliphatic carbocycles. The van der Waals surface area contributed by atoms with Crippen LogP contribution in [0, 0.1) is 0 Å². The number of aliphatic carboxylic acids is 1. The molecule has 2 heteroatoms. The molecule has 0 spiro atoms. The minimum atomic E-state index is -0.757. The lowest BCUT2D eigenvalue weighted by Gasteiger charge is -2.01. The molecule has 0 aromatic heterocycles. The van der Waals surface area contributed by atoms with Gasteiger partial charge < -0.3 is 5.11 Å². The maximum absolute atomic E-state index is 10.4. The summed E-state index contributed by atoms with van der Waals surface area (Å²) in [6, 6.07) is 14.3. The monoisotopic (exact) mass is 226 g/mol. The number of hydrogen-bond donors (Lipinski definition) is 1. The molecule has 2 rings (SSSR count). The average molecular weight is 226 g/mol. The molecular weight excluding hydrogens is 212 g/mol. The van der Waals surface area contributed by atoms with E-state index in [-0.39, 0.29) is 6.42 Å². The minimum Gasteiger partial charge on any atom is -0.481 e. The van der Waals surface area contributed by atoms with Crippen molar-refractivity contribution in [2.24, 2.45) is 0 Å². The molecule has 0 radical (unpaired) electrons. The summed E-state index contributed by atoms with van der Waals surface area (Å²) in [5.74, 6) is -0.757. The number of hydrogen-bond acceptors (Lipinski definition) is 1. The fraction of sp³-hybridized carbons (Fsp3) is 0.133. The zero-order chi connectivity index (χ0) is 12.1. The van der Waals surface area contributed by atoms with E-state index < -0.39 is 5.97 Å². The van der Waals surface area contributed by atoms with Crippen molar-refractivity contribution >= 4 is 22.8 Å². The van der Waals surface area contributed by atoms with Crippen LogP contribution in [-0.4, -0.2) is 11.1 Å². The molecular formula is C15H14O2. The fourth-order valence-corrected chi connectivity index (χ4v) is 1.81. The Morgan fingerprint density at radius 1 is 1.12 bits per heavy atom. The Balaban J connectivity index is 2.21. The molecule has 0 heterocycles. The summed E-state index contributed by atoms with van der Waals surface area (Å²) in [7, 11) is 0. The van der Waals surface area contributed by atoms with E-state index in [1.807, 2.05) is 36.4 Å². The summed E-state index contributed by atoms with van der Waals surface area (Å²) in [5.41, 5.74) is 1.13. The first kappa shape index (κ1) is 11.4. The molecule has 0 saturated carbocycles. The van der Waals surface area contributed by atoms with Crippen LogP contribution >= 0.6 is 0 Å². The number of rotatable bonds is 4. The minimum absolute atomic E-state index is 0.182. The van der Waals surface area contributed by atoms with Crippen molar-refractivity contribution in [1.29, 1.82) is 0 Å². The van der Waals surface area contributed by atoms with Crippen LogP contribution in [0.4, 0.5) is 0 Å². The van der Waals surface area contributed by atoms with Crippen LogP contribution in [0.3, 0.4) is 0 Å². The van der Waals surface area contributed by atoms with E-state index in [4.69, 9.17) is 5.11 Å². The highest BCUT2D eigenvalue weighted by Crippen LogP contribution is 2.19. The molecule has 0 amide bonds. The van der Waals surface area contributed by atoms with Gasteiger partial charge in [0.1, 0.15) is 0 Å². The third-order valence-electron chi connectivity index (χ3n) is 2.65. The van der Waals surface area contributed by atoms with Gasteiger partial charge in [0, 0.05) is 6.42 Å². The van der Waals surface area contributed by atoms with Crippen molar-refractivity contribution in [3.05, 3.63) is 54.1 Å². The van der Waals surface area contributed by atoms with Crippen molar-refractivity contribution in [3.63, 3.8) is 0 Å². The molecule has 2 nitrogen and oxygen atoms in total. The predicted molar refractivity (Wildman–Crippen MR) is 69.9 cm³/mol. The molecule has 2 aromatic rings. The van der Waals surface area contributed by atoms with Gasteiger partial charge in [-0.05, 0) is 22.8 Å². The Morgan fingerprint density at radius 3 is 2.71 bits per heavy atom. The highest BCUT2D eigenvalue weighted by atomic mass is 16.4. The van der Waals surface area contributed by atoms with E-state index in [2.05, 4.69) is 18.2 Å². The van der Waals surface area contributed by atoms with Crippen molar-refractivity contribution in [2.75, 3.05) is 0 Å². The maximum atomic E-state index is 10.4. The van der Waals surface area contributed by atoms with Gasteiger partial charge in [-0.2, -0.15) is 0 Å². The number of carboxylic acids is 1. The molecule has 17 heavy (non-hydrogen) atoms. The lowest BCUT2D eigenvalue weighted by molar-refractivity contribution is -0.136. The van der Waals surface area contributed by atoms with Crippen LogP contribution in [-0.2, 0) is 4.79 Å². The number of benzene rings is 2. The Kier molecular flexibility index (Phi) is 3.55. The van der Waals surface area contributed by atoms with E-state index in [1.54, 1.807) is 0 Å². The second-order valence-corrected chi connectivity index (χ2v) is 3.90. The van der Waals surface area contributed by atoms with Crippen LogP contribution in [0.15, 0.2) is 48.5 Å². The van der Waals surface area contributed by atoms with Crippen molar-refractivity contribution < 1.29 is 9.90 Å². The largest absolute Gasteiger partial charge is 0.481 e. The number of fused-ring (bicyclic) bond motifs is 1. The molecule has 86 valence electrons. The molecule has 0 saturated heterocycles. The zero-order valence-electron chi connectivity index (χ0n) is 9.47. The summed E-state index contributed by atoms with van der Waals surface area (Å²) in [6.07, 6.45) is 4.65. The zero-order valence-corrected chi connectivity index (χ0v) is 9.47. The Morgan fingerprint density at radius 2 is 1.88 bits per heavy atom. The van der Waals surface area contributed by atoms with E-state index >= 15 is 0 Å². The van der Waals surface area contributed by atoms with Crippen LogP contribution in [0.5, 0.6) is 0 Å². The smallest absolute Gasteiger partial charge is 0.303 e. The summed E-state index contributed by atoms with van der Waals surface area (Å²) in [5, 5.41) is 10.9. The second-order valence-electron chi connectivity index (χ2n) is 3.90. The van der Waals surface area contributed by atoms with E-state index in [9.17, 15) is 4.79 Å². The average Bonchev–Trinajstić information content (AvgIpc) is 2.34. The van der Waals surface area contributed by atoms with Gasteiger partial charge in [0.05, 0.1) is 0 Å². The Labute approximate surface area is 100 Å². The van der Waals surface area contributed by atoms with Crippen molar-refractivity contribution in [1.82, 2.24) is 0 Å². The lowest BCUT2D eigenvalue weighted by Crippen LogP contribution is -1.91. The first-order valence-corrected chi connectivity index (χ1v) is 5.63. The second kappa shape index (κ2) is 5.30. The number of carbonyl (C=O) groups is 1. The highest BCUT2D eigenvalue weighted by molar-refractivity contribution is 5.90. The van der Waals surface area contributed by atoms with Gasteiger partial charge in [-0.15, -0.1) is 0 Å². The van der Waals surface area contributed by atoms with Crippen LogP contribution < -0.4 is 0 Å². The van der Waals surface area contributed by atoms with Gasteiger partial charge in [-0.25, -0.2) is 0 Å². The topological polar surface area (TPSA) is 37.3 Å². The van der Waals surface area contributed by atoms with Gasteiger partial charge in [0.25, 0.3) is 0 Å². The van der Waals surface area contributed by atoms with Crippen molar-refractivity contribution in [3.8, 4) is 0 Å². The lowest BCUT2D eigenvalue weighted by atomic mass is 10.0. The fourth-order valence-electron chi connectivity index (χ4n) is 1.81. The van der Waals surface area contributed by atoms with E-state index in [1.165, 1.54) is 10.8 Å². The molecule has 0 bridgehead atoms. The van der Waals surface area contributed by atoms with Gasteiger partial charge in [0.2, 0.25) is 0 Å². The molecule has 0 fully saturated rings. The van der Waals surface area contributed by atoms with E-state index in [0.29, 0.717) is 6.42 Å². The van der Waals surface area contributed by atoms with Gasteiger partial charge in [-0.3, -0.25) is 4.79 Å². The standard InChI is InChI=1S/C15H14O2/c16-15(17)11-4-2-7-13-9-5-8-12-6-1-3-10-14(12)13/h1-3,5-10H,4,11H2,(H,16,17)/b7-2+. The third kappa shape index (κ3) is 2.94. The molecule has 0 unspecified atom stereocenters. The summed E-state index contributed by atoms with van der Waals surface area (Å²) >= 11 is 0. The molecule has 2 aromatic carbocycles. The van der Waals surface area contributed by atoms with Gasteiger partial charge >= 0.3 is 5.97 Å². The molecule has 0 aliphatic heterocycles.